The Hall–Kier alpha value is -1.36. The molecule has 0 aliphatic carbocycles. The molecule has 5 heteroatoms. The predicted octanol–water partition coefficient (Wildman–Crippen LogP) is 1.89. The Morgan fingerprint density at radius 2 is 2.28 bits per heavy atom. The van der Waals surface area contributed by atoms with E-state index in [1.54, 1.807) is 0 Å². The van der Waals surface area contributed by atoms with Crippen molar-refractivity contribution in [2.45, 2.75) is 52.0 Å². The highest BCUT2D eigenvalue weighted by Gasteiger charge is 2.15. The number of amides is 1. The number of anilines is 1. The second-order valence-corrected chi connectivity index (χ2v) is 5.04. The van der Waals surface area contributed by atoms with E-state index in [4.69, 9.17) is 0 Å². The average Bonchev–Trinajstić information content (AvgIpc) is 2.69. The van der Waals surface area contributed by atoms with Crippen LogP contribution in [0.4, 0.5) is 5.69 Å². The maximum atomic E-state index is 11.9. The summed E-state index contributed by atoms with van der Waals surface area (Å²) in [7, 11) is 0. The Morgan fingerprint density at radius 1 is 1.44 bits per heavy atom. The molecule has 1 amide bonds. The number of carbonyl (C=O) groups is 1. The molecule has 2 heterocycles. The number of nitrogens with one attached hydrogen (secondary N) is 3. The first kappa shape index (κ1) is 13.1. The van der Waals surface area contributed by atoms with E-state index in [9.17, 15) is 4.79 Å². The summed E-state index contributed by atoms with van der Waals surface area (Å²) in [5.74, 6) is 0.0787. The molecule has 5 nitrogen and oxygen atoms in total. The molecule has 1 unspecified atom stereocenters. The average molecular weight is 250 g/mol. The molecule has 1 aromatic heterocycles. The fraction of sp³-hybridized carbons (Fsp3) is 0.692. The van der Waals surface area contributed by atoms with Crippen LogP contribution in [0.3, 0.4) is 0 Å². The number of aromatic nitrogens is 2. The van der Waals surface area contributed by atoms with Gasteiger partial charge in [0, 0.05) is 12.5 Å². The lowest BCUT2D eigenvalue weighted by Crippen LogP contribution is -2.34. The number of hydrogen-bond donors (Lipinski definition) is 3. The monoisotopic (exact) mass is 250 g/mol. The lowest BCUT2D eigenvalue weighted by Gasteiger charge is -2.23. The summed E-state index contributed by atoms with van der Waals surface area (Å²) in [5, 5.41) is 13.3. The van der Waals surface area contributed by atoms with Gasteiger partial charge in [0.2, 0.25) is 5.91 Å². The topological polar surface area (TPSA) is 69.8 Å². The summed E-state index contributed by atoms with van der Waals surface area (Å²) in [6, 6.07) is 0.510. The van der Waals surface area contributed by atoms with Gasteiger partial charge in [0.05, 0.1) is 17.1 Å². The Labute approximate surface area is 108 Å². The molecule has 1 fully saturated rings. The van der Waals surface area contributed by atoms with E-state index in [0.717, 1.165) is 30.0 Å². The largest absolute Gasteiger partial charge is 0.323 e. The zero-order valence-electron chi connectivity index (χ0n) is 11.2. The number of rotatable bonds is 4. The molecule has 0 aromatic carbocycles. The van der Waals surface area contributed by atoms with Crippen molar-refractivity contribution < 1.29 is 4.79 Å². The molecule has 2 rings (SSSR count). The zero-order valence-corrected chi connectivity index (χ0v) is 11.2. The molecular formula is C13H22N4O. The van der Waals surface area contributed by atoms with Gasteiger partial charge in [-0.05, 0) is 39.7 Å². The number of aromatic amines is 1. The molecule has 0 radical (unpaired) electrons. The molecule has 1 aliphatic rings. The minimum Gasteiger partial charge on any atom is -0.323 e. The van der Waals surface area contributed by atoms with Crippen LogP contribution in [0.25, 0.3) is 0 Å². The van der Waals surface area contributed by atoms with Crippen LogP contribution < -0.4 is 10.6 Å². The van der Waals surface area contributed by atoms with E-state index in [0.29, 0.717) is 12.5 Å². The SMILES string of the molecule is Cc1n[nH]c(C)c1NC(=O)CCC1CCCCN1. The maximum absolute atomic E-state index is 11.9. The second-order valence-electron chi connectivity index (χ2n) is 5.04. The Bertz CT molecular complexity index is 388. The molecule has 3 N–H and O–H groups in total. The minimum absolute atomic E-state index is 0.0787. The van der Waals surface area contributed by atoms with Crippen LogP contribution >= 0.6 is 0 Å². The van der Waals surface area contributed by atoms with E-state index >= 15 is 0 Å². The third-order valence-corrected chi connectivity index (χ3v) is 3.52. The molecule has 1 saturated heterocycles. The van der Waals surface area contributed by atoms with Crippen LogP contribution in [0, 0.1) is 13.8 Å². The van der Waals surface area contributed by atoms with Gasteiger partial charge < -0.3 is 10.6 Å². The fourth-order valence-corrected chi connectivity index (χ4v) is 2.41. The van der Waals surface area contributed by atoms with E-state index in [1.165, 1.54) is 19.3 Å². The Morgan fingerprint density at radius 3 is 2.89 bits per heavy atom. The normalized spacial score (nSPS) is 19.8. The molecular weight excluding hydrogens is 228 g/mol. The highest BCUT2D eigenvalue weighted by Crippen LogP contribution is 2.17. The third kappa shape index (κ3) is 3.32. The first-order chi connectivity index (χ1) is 8.66. The smallest absolute Gasteiger partial charge is 0.224 e. The Balaban J connectivity index is 1.78. The number of piperidine rings is 1. The van der Waals surface area contributed by atoms with Crippen LogP contribution in [0.15, 0.2) is 0 Å². The summed E-state index contributed by atoms with van der Waals surface area (Å²) in [4.78, 5) is 11.9. The third-order valence-electron chi connectivity index (χ3n) is 3.52. The van der Waals surface area contributed by atoms with Crippen LogP contribution in [0.5, 0.6) is 0 Å². The number of nitrogens with zero attached hydrogens (tertiary/aromatic N) is 1. The van der Waals surface area contributed by atoms with E-state index in [2.05, 4.69) is 20.8 Å². The second kappa shape index (κ2) is 6.00. The zero-order chi connectivity index (χ0) is 13.0. The van der Waals surface area contributed by atoms with Crippen molar-refractivity contribution in [1.82, 2.24) is 15.5 Å². The van der Waals surface area contributed by atoms with Gasteiger partial charge in [-0.2, -0.15) is 5.10 Å². The van der Waals surface area contributed by atoms with Crippen molar-refractivity contribution in [3.63, 3.8) is 0 Å². The van der Waals surface area contributed by atoms with Gasteiger partial charge in [0.1, 0.15) is 0 Å². The summed E-state index contributed by atoms with van der Waals surface area (Å²) in [6.07, 6.45) is 5.22. The summed E-state index contributed by atoms with van der Waals surface area (Å²) < 4.78 is 0. The first-order valence-corrected chi connectivity index (χ1v) is 6.71. The fourth-order valence-electron chi connectivity index (χ4n) is 2.41. The first-order valence-electron chi connectivity index (χ1n) is 6.71. The van der Waals surface area contributed by atoms with E-state index in [1.807, 2.05) is 13.8 Å². The quantitative estimate of drug-likeness (QED) is 0.764. The molecule has 0 bridgehead atoms. The highest BCUT2D eigenvalue weighted by atomic mass is 16.1. The molecule has 1 aliphatic heterocycles. The molecule has 1 aromatic rings. The molecule has 1 atom stereocenters. The van der Waals surface area contributed by atoms with Crippen LogP contribution in [-0.4, -0.2) is 28.7 Å². The minimum atomic E-state index is 0.0787. The van der Waals surface area contributed by atoms with Crippen molar-refractivity contribution >= 4 is 11.6 Å². The lowest BCUT2D eigenvalue weighted by atomic mass is 10.0. The number of H-pyrrole nitrogens is 1. The molecule has 18 heavy (non-hydrogen) atoms. The van der Waals surface area contributed by atoms with Crippen molar-refractivity contribution in [1.29, 1.82) is 0 Å². The van der Waals surface area contributed by atoms with E-state index in [-0.39, 0.29) is 5.91 Å². The van der Waals surface area contributed by atoms with Crippen LogP contribution in [0.1, 0.15) is 43.5 Å². The van der Waals surface area contributed by atoms with Gasteiger partial charge >= 0.3 is 0 Å². The number of aryl methyl sites for hydroxylation is 2. The highest BCUT2D eigenvalue weighted by molar-refractivity contribution is 5.91. The van der Waals surface area contributed by atoms with Gasteiger partial charge in [-0.25, -0.2) is 0 Å². The lowest BCUT2D eigenvalue weighted by molar-refractivity contribution is -0.116. The summed E-state index contributed by atoms with van der Waals surface area (Å²) >= 11 is 0. The standard InChI is InChI=1S/C13H22N4O/c1-9-13(10(2)17-16-9)15-12(18)7-6-11-5-3-4-8-14-11/h11,14H,3-8H2,1-2H3,(H,15,18)(H,16,17). The number of carbonyl (C=O) groups excluding carboxylic acids is 1. The Kier molecular flexibility index (Phi) is 4.36. The van der Waals surface area contributed by atoms with Crippen LogP contribution in [0.2, 0.25) is 0 Å². The molecule has 100 valence electrons. The summed E-state index contributed by atoms with van der Waals surface area (Å²) in [6.45, 7) is 4.90. The molecule has 0 saturated carbocycles. The van der Waals surface area contributed by atoms with Crippen molar-refractivity contribution in [3.05, 3.63) is 11.4 Å². The molecule has 0 spiro atoms. The van der Waals surface area contributed by atoms with Crippen molar-refractivity contribution in [2.75, 3.05) is 11.9 Å². The van der Waals surface area contributed by atoms with Crippen molar-refractivity contribution in [2.24, 2.45) is 0 Å². The van der Waals surface area contributed by atoms with Gasteiger partial charge in [0.25, 0.3) is 0 Å². The van der Waals surface area contributed by atoms with Gasteiger partial charge in [-0.15, -0.1) is 0 Å². The van der Waals surface area contributed by atoms with Gasteiger partial charge in [-0.1, -0.05) is 6.42 Å². The van der Waals surface area contributed by atoms with E-state index < -0.39 is 0 Å². The van der Waals surface area contributed by atoms with Crippen LogP contribution in [-0.2, 0) is 4.79 Å². The number of hydrogen-bond acceptors (Lipinski definition) is 3. The predicted molar refractivity (Wildman–Crippen MR) is 71.6 cm³/mol. The maximum Gasteiger partial charge on any atom is 0.224 e. The van der Waals surface area contributed by atoms with Gasteiger partial charge in [-0.3, -0.25) is 9.89 Å². The summed E-state index contributed by atoms with van der Waals surface area (Å²) in [5.41, 5.74) is 2.59. The van der Waals surface area contributed by atoms with Crippen molar-refractivity contribution in [3.8, 4) is 0 Å². The van der Waals surface area contributed by atoms with Gasteiger partial charge in [0.15, 0.2) is 0 Å².